The van der Waals surface area contributed by atoms with Crippen molar-refractivity contribution < 1.29 is 0 Å². The molecule has 0 atom stereocenters. The molecular formula is C14H12N2O4. The Labute approximate surface area is 112 Å². The van der Waals surface area contributed by atoms with Gasteiger partial charge in [-0.3, -0.25) is 28.3 Å². The number of hydrogen-bond donors (Lipinski definition) is 0. The number of aryl methyl sites for hydroxylation is 2. The number of nitrogens with zero attached hydrogens (tertiary/aromatic N) is 2. The molecule has 0 saturated heterocycles. The van der Waals surface area contributed by atoms with Gasteiger partial charge in [0, 0.05) is 14.1 Å². The summed E-state index contributed by atoms with van der Waals surface area (Å²) in [6, 6.07) is 0. The summed E-state index contributed by atoms with van der Waals surface area (Å²) in [6.07, 6.45) is 0. The predicted octanol–water partition coefficient (Wildman–Crippen LogP) is -0.397. The Morgan fingerprint density at radius 2 is 0.750 bits per heavy atom. The van der Waals surface area contributed by atoms with Crippen molar-refractivity contribution in [1.82, 2.24) is 9.13 Å². The second-order valence-electron chi connectivity index (χ2n) is 5.09. The molecule has 0 saturated carbocycles. The van der Waals surface area contributed by atoms with E-state index in [1.54, 1.807) is 13.8 Å². The first-order chi connectivity index (χ1) is 9.29. The fraction of sp³-hybridized carbons (Fsp3) is 0.286. The van der Waals surface area contributed by atoms with Crippen LogP contribution in [0, 0.1) is 13.8 Å². The van der Waals surface area contributed by atoms with Crippen LogP contribution in [0.15, 0.2) is 19.2 Å². The van der Waals surface area contributed by atoms with E-state index in [4.69, 9.17) is 0 Å². The van der Waals surface area contributed by atoms with Crippen LogP contribution in [0.4, 0.5) is 0 Å². The summed E-state index contributed by atoms with van der Waals surface area (Å²) in [6.45, 7) is 3.21. The van der Waals surface area contributed by atoms with Gasteiger partial charge in [-0.05, 0) is 25.0 Å². The highest BCUT2D eigenvalue weighted by Crippen LogP contribution is 2.24. The van der Waals surface area contributed by atoms with Crippen molar-refractivity contribution in [2.24, 2.45) is 14.1 Å². The molecule has 0 unspecified atom stereocenters. The smallest absolute Gasteiger partial charge is 0.261 e. The maximum absolute atomic E-state index is 12.1. The molecule has 0 bridgehead atoms. The van der Waals surface area contributed by atoms with Crippen molar-refractivity contribution in [3.8, 4) is 0 Å². The van der Waals surface area contributed by atoms with Crippen LogP contribution in [0.3, 0.4) is 0 Å². The van der Waals surface area contributed by atoms with E-state index in [0.29, 0.717) is 11.1 Å². The predicted molar refractivity (Wildman–Crippen MR) is 76.3 cm³/mol. The number of aromatic nitrogens is 2. The highest BCUT2D eigenvalue weighted by atomic mass is 16.2. The molecule has 0 aliphatic carbocycles. The van der Waals surface area contributed by atoms with Crippen LogP contribution in [-0.2, 0) is 14.1 Å². The molecular weight excluding hydrogens is 260 g/mol. The van der Waals surface area contributed by atoms with E-state index in [2.05, 4.69) is 0 Å². The Bertz CT molecular complexity index is 935. The minimum Gasteiger partial charge on any atom is -0.277 e. The van der Waals surface area contributed by atoms with Crippen LogP contribution >= 0.6 is 0 Å². The van der Waals surface area contributed by atoms with Crippen LogP contribution in [0.25, 0.3) is 21.5 Å². The summed E-state index contributed by atoms with van der Waals surface area (Å²) in [5, 5.41) is 0.964. The average Bonchev–Trinajstić information content (AvgIpc) is 2.77. The first-order valence-corrected chi connectivity index (χ1v) is 6.11. The minimum absolute atomic E-state index is 0.241. The van der Waals surface area contributed by atoms with E-state index in [9.17, 15) is 19.2 Å². The fourth-order valence-electron chi connectivity index (χ4n) is 2.92. The van der Waals surface area contributed by atoms with Crippen LogP contribution in [0.1, 0.15) is 11.1 Å². The maximum atomic E-state index is 12.1. The zero-order valence-electron chi connectivity index (χ0n) is 11.5. The number of fused-ring (bicyclic) bond motifs is 2. The van der Waals surface area contributed by atoms with Gasteiger partial charge in [-0.1, -0.05) is 0 Å². The lowest BCUT2D eigenvalue weighted by molar-refractivity contribution is 0.853. The normalized spacial score (nSPS) is 11.8. The quantitative estimate of drug-likeness (QED) is 0.558. The summed E-state index contributed by atoms with van der Waals surface area (Å²) in [5.41, 5.74) is -0.894. The molecule has 6 heteroatoms. The molecule has 0 aliphatic heterocycles. The molecule has 2 aromatic heterocycles. The van der Waals surface area contributed by atoms with Gasteiger partial charge in [0.2, 0.25) is 0 Å². The number of benzene rings is 1. The van der Waals surface area contributed by atoms with Crippen LogP contribution in [-0.4, -0.2) is 9.13 Å². The van der Waals surface area contributed by atoms with E-state index in [1.165, 1.54) is 14.1 Å². The maximum Gasteiger partial charge on any atom is 0.261 e. The van der Waals surface area contributed by atoms with Gasteiger partial charge in [-0.15, -0.1) is 0 Å². The van der Waals surface area contributed by atoms with Gasteiger partial charge >= 0.3 is 0 Å². The highest BCUT2D eigenvalue weighted by Gasteiger charge is 2.23. The highest BCUT2D eigenvalue weighted by molar-refractivity contribution is 6.05. The molecule has 102 valence electrons. The second-order valence-corrected chi connectivity index (χ2v) is 5.09. The third-order valence-corrected chi connectivity index (χ3v) is 4.07. The SMILES string of the molecule is Cc1c2c(=O)n(C)c(=O)c2c(C)c2c(=O)n(C)c(=O)c12. The summed E-state index contributed by atoms with van der Waals surface area (Å²) in [5.74, 6) is 0. The van der Waals surface area contributed by atoms with Crippen molar-refractivity contribution >= 4 is 21.5 Å². The van der Waals surface area contributed by atoms with Crippen molar-refractivity contribution in [2.75, 3.05) is 0 Å². The minimum atomic E-state index is -0.428. The van der Waals surface area contributed by atoms with Gasteiger partial charge in [0.1, 0.15) is 0 Å². The molecule has 2 heterocycles. The lowest BCUT2D eigenvalue weighted by atomic mass is 9.98. The Hall–Kier alpha value is -2.50. The standard InChI is InChI=1S/C14H12N2O4/c1-5-7-9(13(19)15(3)11(7)17)6(2)10-8(5)12(18)16(4)14(10)20/h1-4H3. The molecule has 0 radical (unpaired) electrons. The van der Waals surface area contributed by atoms with Crippen molar-refractivity contribution in [3.63, 3.8) is 0 Å². The molecule has 0 N–H and O–H groups in total. The monoisotopic (exact) mass is 272 g/mol. The Balaban J connectivity index is 2.94. The van der Waals surface area contributed by atoms with Crippen LogP contribution in [0.5, 0.6) is 0 Å². The van der Waals surface area contributed by atoms with Gasteiger partial charge in [-0.2, -0.15) is 0 Å². The summed E-state index contributed by atoms with van der Waals surface area (Å²) in [4.78, 5) is 48.6. The van der Waals surface area contributed by atoms with Crippen molar-refractivity contribution in [3.05, 3.63) is 52.5 Å². The molecule has 3 rings (SSSR count). The van der Waals surface area contributed by atoms with Crippen LogP contribution in [0.2, 0.25) is 0 Å². The van der Waals surface area contributed by atoms with Gasteiger partial charge < -0.3 is 0 Å². The second kappa shape index (κ2) is 3.53. The number of rotatable bonds is 0. The lowest BCUT2D eigenvalue weighted by Crippen LogP contribution is -2.22. The van der Waals surface area contributed by atoms with Gasteiger partial charge in [-0.25, -0.2) is 0 Å². The Morgan fingerprint density at radius 3 is 0.950 bits per heavy atom. The third kappa shape index (κ3) is 1.14. The lowest BCUT2D eigenvalue weighted by Gasteiger charge is -2.00. The summed E-state index contributed by atoms with van der Waals surface area (Å²) in [7, 11) is 2.79. The van der Waals surface area contributed by atoms with E-state index >= 15 is 0 Å². The molecule has 20 heavy (non-hydrogen) atoms. The van der Waals surface area contributed by atoms with Crippen molar-refractivity contribution in [1.29, 1.82) is 0 Å². The molecule has 6 nitrogen and oxygen atoms in total. The fourth-order valence-corrected chi connectivity index (χ4v) is 2.92. The van der Waals surface area contributed by atoms with E-state index in [1.807, 2.05) is 0 Å². The third-order valence-electron chi connectivity index (χ3n) is 4.07. The largest absolute Gasteiger partial charge is 0.277 e. The zero-order chi connectivity index (χ0) is 14.9. The number of hydrogen-bond acceptors (Lipinski definition) is 4. The van der Waals surface area contributed by atoms with Crippen molar-refractivity contribution in [2.45, 2.75) is 13.8 Å². The zero-order valence-corrected chi connectivity index (χ0v) is 11.5. The topological polar surface area (TPSA) is 78.1 Å². The van der Waals surface area contributed by atoms with Crippen LogP contribution < -0.4 is 22.2 Å². The molecule has 3 aromatic rings. The molecule has 0 fully saturated rings. The molecule has 0 amide bonds. The van der Waals surface area contributed by atoms with Gasteiger partial charge in [0.05, 0.1) is 21.5 Å². The average molecular weight is 272 g/mol. The van der Waals surface area contributed by atoms with Gasteiger partial charge in [0.15, 0.2) is 0 Å². The van der Waals surface area contributed by atoms with E-state index in [0.717, 1.165) is 9.13 Å². The summed E-state index contributed by atoms with van der Waals surface area (Å²) >= 11 is 0. The van der Waals surface area contributed by atoms with E-state index in [-0.39, 0.29) is 21.5 Å². The Morgan fingerprint density at radius 1 is 0.550 bits per heavy atom. The summed E-state index contributed by atoms with van der Waals surface area (Å²) < 4.78 is 2.02. The Kier molecular flexibility index (Phi) is 2.21. The van der Waals surface area contributed by atoms with Gasteiger partial charge in [0.25, 0.3) is 22.2 Å². The molecule has 0 spiro atoms. The first-order valence-electron chi connectivity index (χ1n) is 6.11. The first kappa shape index (κ1) is 12.5. The molecule has 0 aliphatic rings. The molecule has 1 aromatic carbocycles. The van der Waals surface area contributed by atoms with E-state index < -0.39 is 22.2 Å².